The van der Waals surface area contributed by atoms with E-state index in [0.29, 0.717) is 0 Å². The molecule has 0 fully saturated rings. The summed E-state index contributed by atoms with van der Waals surface area (Å²) >= 11 is 0. The summed E-state index contributed by atoms with van der Waals surface area (Å²) in [5.41, 5.74) is -1.22. The first kappa shape index (κ1) is 68.3. The smallest absolute Gasteiger partial charge is 0.166 e. The predicted octanol–water partition coefficient (Wildman–Crippen LogP) is 21.8. The Morgan fingerprint density at radius 3 is 0.500 bits per heavy atom. The summed E-state index contributed by atoms with van der Waals surface area (Å²) in [5.74, 6) is 5.35. The van der Waals surface area contributed by atoms with Crippen LogP contribution in [0, 0.1) is 0 Å². The molecule has 0 aliphatic heterocycles. The minimum atomic E-state index is -0.276. The van der Waals surface area contributed by atoms with Gasteiger partial charge in [0.1, 0.15) is 68.1 Å². The van der Waals surface area contributed by atoms with Crippen LogP contribution in [-0.2, 0) is 32.7 Å². The molecular formula is C79H95O6S3+3. The Balaban J connectivity index is 0.000000190. The molecule has 0 N–H and O–H groups in total. The Kier molecular flexibility index (Phi) is 23.2. The summed E-state index contributed by atoms with van der Waals surface area (Å²) in [6.45, 7) is 37.4. The number of rotatable bonds is 17. The van der Waals surface area contributed by atoms with Crippen molar-refractivity contribution in [1.29, 1.82) is 0 Å². The van der Waals surface area contributed by atoms with Crippen molar-refractivity contribution in [3.05, 3.63) is 237 Å². The maximum atomic E-state index is 6.10. The monoisotopic (exact) mass is 1240 g/mol. The van der Waals surface area contributed by atoms with Crippen molar-refractivity contribution in [3.63, 3.8) is 0 Å². The van der Waals surface area contributed by atoms with Crippen LogP contribution in [0.1, 0.15) is 131 Å². The van der Waals surface area contributed by atoms with E-state index in [1.165, 1.54) is 44.1 Å². The quantitative estimate of drug-likeness (QED) is 0.0847. The highest BCUT2D eigenvalue weighted by Crippen LogP contribution is 2.38. The molecule has 9 aromatic carbocycles. The lowest BCUT2D eigenvalue weighted by atomic mass is 10.1. The Labute approximate surface area is 537 Å². The lowest BCUT2D eigenvalue weighted by molar-refractivity contribution is 0.105. The Bertz CT molecular complexity index is 3240. The molecule has 9 rings (SSSR count). The fraction of sp³-hybridized carbons (Fsp3) is 0.316. The molecule has 9 aromatic rings. The van der Waals surface area contributed by atoms with E-state index < -0.39 is 0 Å². The summed E-state index contributed by atoms with van der Waals surface area (Å²) < 4.78 is 36.2. The van der Waals surface area contributed by atoms with E-state index in [2.05, 4.69) is 361 Å². The molecule has 0 spiro atoms. The van der Waals surface area contributed by atoms with Crippen LogP contribution in [0.15, 0.2) is 281 Å². The van der Waals surface area contributed by atoms with Gasteiger partial charge in [0, 0.05) is 0 Å². The standard InChI is InChI=1S/C30H39O3S.C26H31O2S.C23H25OS/c1-28(2,3)31-22-10-16-25(17-11-22)34(26-18-12-23(13-19-26)32-29(4,5)6)27-20-14-24(15-21-27)33-30(7,8)9;1-25(2,3)27-20-12-16-23(17-13-20)29(22-10-8-7-9-11-22)24-18-14-21(15-19-24)28-26(4,5)6;1-4-23(2,3)24-19-15-17-22(18-16-19)25(20-11-7-5-8-12-20)21-13-9-6-10-14-21/h10-21H,1-9H3;7-19H,1-6H3;5-18H,4H2,1-3H3/q3*+1. The molecule has 0 unspecified atom stereocenters. The molecule has 0 amide bonds. The molecule has 0 atom stereocenters. The number of benzene rings is 9. The molecule has 88 heavy (non-hydrogen) atoms. The number of ether oxygens (including phenoxy) is 6. The number of hydrogen-bond donors (Lipinski definition) is 0. The second-order valence-electron chi connectivity index (χ2n) is 27.0. The number of hydrogen-bond acceptors (Lipinski definition) is 6. The molecule has 0 radical (unpaired) electrons. The van der Waals surface area contributed by atoms with Crippen LogP contribution in [0.25, 0.3) is 0 Å². The Morgan fingerprint density at radius 1 is 0.205 bits per heavy atom. The van der Waals surface area contributed by atoms with Gasteiger partial charge in [-0.2, -0.15) is 0 Å². The molecule has 0 heterocycles. The summed E-state index contributed by atoms with van der Waals surface area (Å²) in [4.78, 5) is 11.5. The molecule has 0 bridgehead atoms. The fourth-order valence-corrected chi connectivity index (χ4v) is 15.1. The highest BCUT2D eigenvalue weighted by Gasteiger charge is 2.33. The second kappa shape index (κ2) is 29.9. The fourth-order valence-electron chi connectivity index (χ4n) is 8.92. The van der Waals surface area contributed by atoms with Crippen LogP contribution in [-0.4, -0.2) is 33.6 Å². The van der Waals surface area contributed by atoms with Crippen molar-refractivity contribution in [2.24, 2.45) is 0 Å². The second-order valence-corrected chi connectivity index (χ2v) is 33.1. The first-order valence-electron chi connectivity index (χ1n) is 30.5. The summed E-state index contributed by atoms with van der Waals surface area (Å²) in [6.07, 6.45) is 0.979. The SMILES string of the molecule is CC(C)(C)Oc1ccc([S+](c2ccc(OC(C)(C)C)cc2)c2ccc(OC(C)(C)C)cc2)cc1.CC(C)(C)Oc1ccc([S+](c2ccccc2)c2ccc(OC(C)(C)C)cc2)cc1.CCC(C)(C)Oc1ccc([S+](c2ccccc2)c2ccccc2)cc1. The van der Waals surface area contributed by atoms with E-state index in [4.69, 9.17) is 28.4 Å². The van der Waals surface area contributed by atoms with Gasteiger partial charge in [-0.25, -0.2) is 0 Å². The van der Waals surface area contributed by atoms with Gasteiger partial charge in [0.25, 0.3) is 0 Å². The summed E-state index contributed by atoms with van der Waals surface area (Å²) in [6, 6.07) is 83.1. The Hall–Kier alpha value is -7.17. The van der Waals surface area contributed by atoms with E-state index in [1.54, 1.807) is 0 Å². The van der Waals surface area contributed by atoms with Gasteiger partial charge in [-0.05, 0) is 306 Å². The van der Waals surface area contributed by atoms with Gasteiger partial charge in [-0.1, -0.05) is 61.5 Å². The molecule has 0 aromatic heterocycles. The van der Waals surface area contributed by atoms with Crippen LogP contribution >= 0.6 is 0 Å². The third-order valence-electron chi connectivity index (χ3n) is 12.7. The van der Waals surface area contributed by atoms with Gasteiger partial charge in [0.05, 0.1) is 32.7 Å². The van der Waals surface area contributed by atoms with Crippen molar-refractivity contribution in [2.75, 3.05) is 0 Å². The first-order chi connectivity index (χ1) is 41.4. The third-order valence-corrected chi connectivity index (χ3v) is 19.4. The average Bonchev–Trinajstić information content (AvgIpc) is 2.82. The third kappa shape index (κ3) is 22.5. The van der Waals surface area contributed by atoms with Crippen LogP contribution in [0.5, 0.6) is 34.5 Å². The zero-order chi connectivity index (χ0) is 63.9. The van der Waals surface area contributed by atoms with E-state index >= 15 is 0 Å². The first-order valence-corrected chi connectivity index (χ1v) is 34.2. The molecule has 6 nitrogen and oxygen atoms in total. The van der Waals surface area contributed by atoms with Gasteiger partial charge >= 0.3 is 0 Å². The molecule has 9 heteroatoms. The average molecular weight is 1240 g/mol. The molecule has 462 valence electrons. The van der Waals surface area contributed by atoms with E-state index in [-0.39, 0.29) is 66.3 Å². The van der Waals surface area contributed by atoms with Gasteiger partial charge < -0.3 is 28.4 Å². The minimum Gasteiger partial charge on any atom is -0.488 e. The van der Waals surface area contributed by atoms with Crippen molar-refractivity contribution in [1.82, 2.24) is 0 Å². The molecule has 0 aliphatic carbocycles. The van der Waals surface area contributed by atoms with Gasteiger partial charge in [0.15, 0.2) is 44.1 Å². The van der Waals surface area contributed by atoms with Crippen molar-refractivity contribution < 1.29 is 28.4 Å². The summed E-state index contributed by atoms with van der Waals surface area (Å²) in [7, 11) is -0.567. The van der Waals surface area contributed by atoms with E-state index in [1.807, 2.05) is 0 Å². The van der Waals surface area contributed by atoms with Crippen molar-refractivity contribution in [2.45, 2.75) is 209 Å². The van der Waals surface area contributed by atoms with Gasteiger partial charge in [-0.3, -0.25) is 0 Å². The van der Waals surface area contributed by atoms with Crippen LogP contribution < -0.4 is 28.4 Å². The molecule has 0 saturated carbocycles. The largest absolute Gasteiger partial charge is 0.488 e. The van der Waals surface area contributed by atoms with Crippen molar-refractivity contribution >= 4 is 32.7 Å². The predicted molar refractivity (Wildman–Crippen MR) is 371 cm³/mol. The lowest BCUT2D eigenvalue weighted by Crippen LogP contribution is -2.26. The minimum absolute atomic E-state index is 0.103. The van der Waals surface area contributed by atoms with Crippen molar-refractivity contribution in [3.8, 4) is 34.5 Å². The lowest BCUT2D eigenvalue weighted by Gasteiger charge is -2.24. The summed E-state index contributed by atoms with van der Waals surface area (Å²) in [5, 5.41) is 0. The van der Waals surface area contributed by atoms with Crippen LogP contribution in [0.4, 0.5) is 0 Å². The molecule has 0 saturated heterocycles. The highest BCUT2D eigenvalue weighted by atomic mass is 32.2. The van der Waals surface area contributed by atoms with Gasteiger partial charge in [0.2, 0.25) is 0 Å². The zero-order valence-electron chi connectivity index (χ0n) is 55.4. The normalized spacial score (nSPS) is 12.1. The van der Waals surface area contributed by atoms with E-state index in [9.17, 15) is 0 Å². The zero-order valence-corrected chi connectivity index (χ0v) is 57.8. The molecular weight excluding hydrogens is 1140 g/mol. The van der Waals surface area contributed by atoms with Crippen LogP contribution in [0.2, 0.25) is 0 Å². The van der Waals surface area contributed by atoms with Crippen LogP contribution in [0.3, 0.4) is 0 Å². The van der Waals surface area contributed by atoms with E-state index in [0.717, 1.165) is 40.9 Å². The Morgan fingerprint density at radius 2 is 0.352 bits per heavy atom. The maximum Gasteiger partial charge on any atom is 0.166 e. The topological polar surface area (TPSA) is 55.4 Å². The highest BCUT2D eigenvalue weighted by molar-refractivity contribution is 7.97. The van der Waals surface area contributed by atoms with Gasteiger partial charge in [-0.15, -0.1) is 0 Å². The molecule has 0 aliphatic rings. The maximum absolute atomic E-state index is 6.10.